The maximum absolute atomic E-state index is 12.7. The number of carbonyl (C=O) groups excluding carboxylic acids is 1. The van der Waals surface area contributed by atoms with Crippen LogP contribution in [-0.4, -0.2) is 38.8 Å². The average Bonchev–Trinajstić information content (AvgIpc) is 2.60. The van der Waals surface area contributed by atoms with Crippen molar-refractivity contribution < 1.29 is 4.79 Å². The Balaban J connectivity index is 1.70. The van der Waals surface area contributed by atoms with Gasteiger partial charge >= 0.3 is 0 Å². The van der Waals surface area contributed by atoms with Crippen molar-refractivity contribution >= 4 is 11.9 Å². The van der Waals surface area contributed by atoms with Crippen LogP contribution in [0.25, 0.3) is 0 Å². The second-order valence-electron chi connectivity index (χ2n) is 6.37. The lowest BCUT2D eigenvalue weighted by molar-refractivity contribution is 0.0691. The lowest BCUT2D eigenvalue weighted by Gasteiger charge is -2.30. The number of piperidine rings is 1. The monoisotopic (exact) mass is 325 g/mol. The highest BCUT2D eigenvalue weighted by Gasteiger charge is 2.23. The van der Waals surface area contributed by atoms with Crippen LogP contribution in [0.1, 0.15) is 41.6 Å². The number of hydrogen-bond acceptors (Lipinski definition) is 5. The maximum Gasteiger partial charge on any atom is 0.272 e. The molecule has 3 rings (SSSR count). The summed E-state index contributed by atoms with van der Waals surface area (Å²) < 4.78 is 0. The summed E-state index contributed by atoms with van der Waals surface area (Å²) in [6.07, 6.45) is 3.86. The SMILES string of the molecule is Cc1cc(C(=O)N2CCC(C)CC2)nc(NCc2ccccn2)n1. The summed E-state index contributed by atoms with van der Waals surface area (Å²) >= 11 is 0. The van der Waals surface area contributed by atoms with Gasteiger partial charge in [-0.1, -0.05) is 13.0 Å². The third-order valence-corrected chi connectivity index (χ3v) is 4.30. The van der Waals surface area contributed by atoms with E-state index in [9.17, 15) is 4.79 Å². The molecule has 0 bridgehead atoms. The summed E-state index contributed by atoms with van der Waals surface area (Å²) in [7, 11) is 0. The second-order valence-corrected chi connectivity index (χ2v) is 6.37. The van der Waals surface area contributed by atoms with Gasteiger partial charge in [0.25, 0.3) is 5.91 Å². The molecule has 1 saturated heterocycles. The van der Waals surface area contributed by atoms with Crippen molar-refractivity contribution in [3.8, 4) is 0 Å². The number of likely N-dealkylation sites (tertiary alicyclic amines) is 1. The summed E-state index contributed by atoms with van der Waals surface area (Å²) in [5, 5.41) is 3.15. The molecule has 1 aliphatic heterocycles. The minimum Gasteiger partial charge on any atom is -0.349 e. The predicted molar refractivity (Wildman–Crippen MR) is 92.6 cm³/mol. The van der Waals surface area contributed by atoms with Gasteiger partial charge in [-0.05, 0) is 43.9 Å². The molecule has 6 nitrogen and oxygen atoms in total. The number of pyridine rings is 1. The third-order valence-electron chi connectivity index (χ3n) is 4.30. The molecule has 6 heteroatoms. The fourth-order valence-electron chi connectivity index (χ4n) is 2.80. The lowest BCUT2D eigenvalue weighted by Crippen LogP contribution is -2.38. The van der Waals surface area contributed by atoms with Crippen molar-refractivity contribution in [2.45, 2.75) is 33.2 Å². The molecule has 1 fully saturated rings. The highest BCUT2D eigenvalue weighted by atomic mass is 16.2. The number of carbonyl (C=O) groups is 1. The van der Waals surface area contributed by atoms with E-state index in [2.05, 4.69) is 27.2 Å². The number of rotatable bonds is 4. The fraction of sp³-hybridized carbons (Fsp3) is 0.444. The zero-order valence-electron chi connectivity index (χ0n) is 14.2. The van der Waals surface area contributed by atoms with Crippen molar-refractivity contribution in [3.05, 3.63) is 47.5 Å². The first kappa shape index (κ1) is 16.4. The largest absolute Gasteiger partial charge is 0.349 e. The van der Waals surface area contributed by atoms with Crippen LogP contribution in [0.4, 0.5) is 5.95 Å². The normalized spacial score (nSPS) is 15.3. The first-order chi connectivity index (χ1) is 11.6. The molecule has 2 aromatic heterocycles. The van der Waals surface area contributed by atoms with Crippen LogP contribution in [-0.2, 0) is 6.54 Å². The molecule has 0 aliphatic carbocycles. The Labute approximate surface area is 142 Å². The number of hydrogen-bond donors (Lipinski definition) is 1. The van der Waals surface area contributed by atoms with Gasteiger partial charge in [0.2, 0.25) is 5.95 Å². The van der Waals surface area contributed by atoms with Crippen LogP contribution >= 0.6 is 0 Å². The number of amides is 1. The van der Waals surface area contributed by atoms with Gasteiger partial charge in [0.15, 0.2) is 0 Å². The Morgan fingerprint density at radius 3 is 2.79 bits per heavy atom. The van der Waals surface area contributed by atoms with Gasteiger partial charge in [-0.2, -0.15) is 0 Å². The van der Waals surface area contributed by atoms with Gasteiger partial charge in [0, 0.05) is 25.0 Å². The molecule has 1 N–H and O–H groups in total. The van der Waals surface area contributed by atoms with Crippen LogP contribution in [0.5, 0.6) is 0 Å². The van der Waals surface area contributed by atoms with E-state index >= 15 is 0 Å². The smallest absolute Gasteiger partial charge is 0.272 e. The molecular weight excluding hydrogens is 302 g/mol. The van der Waals surface area contributed by atoms with Gasteiger partial charge in [-0.25, -0.2) is 9.97 Å². The molecule has 1 aliphatic rings. The van der Waals surface area contributed by atoms with Crippen molar-refractivity contribution in [1.29, 1.82) is 0 Å². The van der Waals surface area contributed by atoms with Gasteiger partial charge in [-0.15, -0.1) is 0 Å². The highest BCUT2D eigenvalue weighted by molar-refractivity contribution is 5.92. The summed E-state index contributed by atoms with van der Waals surface area (Å²) in [4.78, 5) is 27.6. The zero-order valence-corrected chi connectivity index (χ0v) is 14.2. The van der Waals surface area contributed by atoms with Crippen molar-refractivity contribution in [2.24, 2.45) is 5.92 Å². The second kappa shape index (κ2) is 7.38. The van der Waals surface area contributed by atoms with E-state index in [0.29, 0.717) is 24.1 Å². The van der Waals surface area contributed by atoms with E-state index in [1.54, 1.807) is 12.3 Å². The first-order valence-corrected chi connectivity index (χ1v) is 8.40. The molecule has 126 valence electrons. The number of aromatic nitrogens is 3. The lowest BCUT2D eigenvalue weighted by atomic mass is 9.99. The molecule has 0 saturated carbocycles. The minimum atomic E-state index is -0.00622. The van der Waals surface area contributed by atoms with Crippen LogP contribution in [0.3, 0.4) is 0 Å². The van der Waals surface area contributed by atoms with E-state index in [4.69, 9.17) is 0 Å². The third kappa shape index (κ3) is 4.07. The molecule has 24 heavy (non-hydrogen) atoms. The van der Waals surface area contributed by atoms with E-state index in [1.165, 1.54) is 0 Å². The predicted octanol–water partition coefficient (Wildman–Crippen LogP) is 2.66. The zero-order chi connectivity index (χ0) is 16.9. The molecule has 3 heterocycles. The van der Waals surface area contributed by atoms with Gasteiger partial charge in [0.05, 0.1) is 12.2 Å². The molecule has 2 aromatic rings. The number of anilines is 1. The molecule has 0 aromatic carbocycles. The quantitative estimate of drug-likeness (QED) is 0.936. The molecule has 0 spiro atoms. The molecule has 0 unspecified atom stereocenters. The van der Waals surface area contributed by atoms with E-state index in [1.807, 2.05) is 30.0 Å². The summed E-state index contributed by atoms with van der Waals surface area (Å²) in [5.41, 5.74) is 2.14. The van der Waals surface area contributed by atoms with Crippen molar-refractivity contribution in [3.63, 3.8) is 0 Å². The van der Waals surface area contributed by atoms with Crippen molar-refractivity contribution in [2.75, 3.05) is 18.4 Å². The van der Waals surface area contributed by atoms with Crippen LogP contribution in [0.15, 0.2) is 30.5 Å². The minimum absolute atomic E-state index is 0.00622. The summed E-state index contributed by atoms with van der Waals surface area (Å²) in [6.45, 7) is 6.25. The van der Waals surface area contributed by atoms with Crippen molar-refractivity contribution in [1.82, 2.24) is 19.9 Å². The van der Waals surface area contributed by atoms with E-state index < -0.39 is 0 Å². The number of aryl methyl sites for hydroxylation is 1. The highest BCUT2D eigenvalue weighted by Crippen LogP contribution is 2.18. The summed E-state index contributed by atoms with van der Waals surface area (Å²) in [5.74, 6) is 1.15. The Bertz CT molecular complexity index is 696. The van der Waals surface area contributed by atoms with Gasteiger partial charge in [0.1, 0.15) is 5.69 Å². The Morgan fingerprint density at radius 1 is 1.29 bits per heavy atom. The Morgan fingerprint density at radius 2 is 2.08 bits per heavy atom. The van der Waals surface area contributed by atoms with E-state index in [0.717, 1.165) is 37.3 Å². The Hall–Kier alpha value is -2.50. The number of nitrogens with one attached hydrogen (secondary N) is 1. The fourth-order valence-corrected chi connectivity index (χ4v) is 2.80. The molecule has 0 radical (unpaired) electrons. The molecule has 1 amide bonds. The van der Waals surface area contributed by atoms with Crippen LogP contribution < -0.4 is 5.32 Å². The number of nitrogens with zero attached hydrogens (tertiary/aromatic N) is 4. The molecule has 0 atom stereocenters. The Kier molecular flexibility index (Phi) is 5.03. The molecular formula is C18H23N5O. The van der Waals surface area contributed by atoms with Crippen LogP contribution in [0, 0.1) is 12.8 Å². The van der Waals surface area contributed by atoms with Gasteiger partial charge in [-0.3, -0.25) is 9.78 Å². The maximum atomic E-state index is 12.7. The average molecular weight is 325 g/mol. The van der Waals surface area contributed by atoms with Crippen LogP contribution in [0.2, 0.25) is 0 Å². The van der Waals surface area contributed by atoms with Gasteiger partial charge < -0.3 is 10.2 Å². The van der Waals surface area contributed by atoms with E-state index in [-0.39, 0.29) is 5.91 Å². The summed E-state index contributed by atoms with van der Waals surface area (Å²) in [6, 6.07) is 7.51. The first-order valence-electron chi connectivity index (χ1n) is 8.40. The standard InChI is InChI=1S/C18H23N5O/c1-13-6-9-23(10-7-13)17(24)16-11-14(2)21-18(22-16)20-12-15-5-3-4-8-19-15/h3-5,8,11,13H,6-7,9-10,12H2,1-2H3,(H,20,21,22). The topological polar surface area (TPSA) is 71.0 Å².